The van der Waals surface area contributed by atoms with Crippen molar-refractivity contribution >= 4 is 61.2 Å². The van der Waals surface area contributed by atoms with Crippen LogP contribution in [0.25, 0.3) is 66.9 Å². The van der Waals surface area contributed by atoms with Crippen LogP contribution in [0.1, 0.15) is 53.3 Å². The van der Waals surface area contributed by atoms with Crippen LogP contribution in [0.15, 0.2) is 115 Å². The van der Waals surface area contributed by atoms with Gasteiger partial charge in [-0.05, 0) is 84.9 Å². The quantitative estimate of drug-likeness (QED) is 0.194. The fourth-order valence-electron chi connectivity index (χ4n) is 8.36. The Morgan fingerprint density at radius 1 is 0.696 bits per heavy atom. The summed E-state index contributed by atoms with van der Waals surface area (Å²) in [6, 6.07) is 37.4. The third-order valence-electron chi connectivity index (χ3n) is 10.4. The van der Waals surface area contributed by atoms with E-state index >= 15 is 0 Å². The smallest absolute Gasteiger partial charge is 0.0623 e. The van der Waals surface area contributed by atoms with E-state index in [0.717, 1.165) is 32.1 Å². The molecule has 0 spiro atoms. The van der Waals surface area contributed by atoms with Crippen molar-refractivity contribution in [2.45, 2.75) is 38.0 Å². The molecule has 218 valence electrons. The van der Waals surface area contributed by atoms with Gasteiger partial charge >= 0.3 is 0 Å². The van der Waals surface area contributed by atoms with Gasteiger partial charge in [-0.2, -0.15) is 0 Å². The van der Waals surface area contributed by atoms with Crippen molar-refractivity contribution in [3.63, 3.8) is 0 Å². The van der Waals surface area contributed by atoms with Crippen LogP contribution in [-0.4, -0.2) is 9.13 Å². The molecule has 0 bridgehead atoms. The summed E-state index contributed by atoms with van der Waals surface area (Å²) in [6.07, 6.45) is 21.9. The third kappa shape index (κ3) is 3.66. The third-order valence-corrected chi connectivity index (χ3v) is 10.4. The molecule has 3 aliphatic carbocycles. The Balaban J connectivity index is 1.31. The molecule has 46 heavy (non-hydrogen) atoms. The van der Waals surface area contributed by atoms with E-state index in [1.165, 1.54) is 82.8 Å². The van der Waals surface area contributed by atoms with E-state index < -0.39 is 0 Å². The molecular formula is C44H32N2. The Bertz CT molecular complexity index is 2490. The fraction of sp³-hybridized carbons (Fsp3) is 0.136. The summed E-state index contributed by atoms with van der Waals surface area (Å²) in [5, 5.41) is 8.01. The van der Waals surface area contributed by atoms with Crippen LogP contribution in [0.5, 0.6) is 0 Å². The Hall–Kier alpha value is -5.52. The zero-order chi connectivity index (χ0) is 30.2. The van der Waals surface area contributed by atoms with Crippen LogP contribution in [0.2, 0.25) is 0 Å². The van der Waals surface area contributed by atoms with Gasteiger partial charge in [0.25, 0.3) is 0 Å². The van der Waals surface area contributed by atoms with E-state index in [-0.39, 0.29) is 0 Å². The largest absolute Gasteiger partial charge is 0.313 e. The predicted octanol–water partition coefficient (Wildman–Crippen LogP) is 11.0. The lowest BCUT2D eigenvalue weighted by atomic mass is 9.92. The second-order valence-electron chi connectivity index (χ2n) is 12.9. The second-order valence-corrected chi connectivity index (χ2v) is 12.9. The maximum absolute atomic E-state index is 3.34. The van der Waals surface area contributed by atoms with E-state index in [4.69, 9.17) is 0 Å². The molecule has 0 fully saturated rings. The molecule has 2 aromatic heterocycles. The van der Waals surface area contributed by atoms with Gasteiger partial charge in [0, 0.05) is 61.4 Å². The SMILES string of the molecule is c1cccc(C2C=CC(n3c4c(c5c6c7c(n(-c8ccc9ccccc9c8)c6c6ccccc6c53)C=CCC7)C=CCC4)=CC2)c#1. The van der Waals surface area contributed by atoms with E-state index in [1.54, 1.807) is 0 Å². The summed E-state index contributed by atoms with van der Waals surface area (Å²) in [6.45, 7) is 0. The van der Waals surface area contributed by atoms with Gasteiger partial charge in [-0.1, -0.05) is 103 Å². The highest BCUT2D eigenvalue weighted by Crippen LogP contribution is 2.48. The molecule has 0 aliphatic heterocycles. The minimum atomic E-state index is 0.331. The average molecular weight is 589 g/mol. The molecule has 2 heterocycles. The molecule has 0 saturated carbocycles. The standard InChI is InChI=1S/C44H32N2/c1-2-12-29(13-3-1)31-22-25-33(26-23-31)45-39-20-10-8-18-37(39)41-42-38-19-9-11-21-40(38)46(34-27-24-30-14-4-5-15-32(30)28-34)44(42)36-17-7-6-16-35(36)43(41)45/h1-2,4-8,11-12,14-18,21-22,24-28,31H,9-10,19-20,23H2. The summed E-state index contributed by atoms with van der Waals surface area (Å²) in [5.41, 5.74) is 12.0. The van der Waals surface area contributed by atoms with Crippen molar-refractivity contribution in [2.75, 3.05) is 0 Å². The average Bonchev–Trinajstić information content (AvgIpc) is 3.66. The molecular weight excluding hydrogens is 556 g/mol. The normalized spacial score (nSPS) is 17.0. The molecule has 0 saturated heterocycles. The molecule has 0 radical (unpaired) electrons. The molecule has 10 rings (SSSR count). The van der Waals surface area contributed by atoms with Crippen molar-refractivity contribution < 1.29 is 0 Å². The number of fused-ring (bicyclic) bond motifs is 11. The van der Waals surface area contributed by atoms with Crippen molar-refractivity contribution in [3.8, 4) is 5.69 Å². The highest BCUT2D eigenvalue weighted by molar-refractivity contribution is 6.28. The topological polar surface area (TPSA) is 9.86 Å². The highest BCUT2D eigenvalue weighted by Gasteiger charge is 2.29. The highest BCUT2D eigenvalue weighted by atomic mass is 15.0. The van der Waals surface area contributed by atoms with Gasteiger partial charge in [0.1, 0.15) is 0 Å². The first kappa shape index (κ1) is 25.8. The summed E-state index contributed by atoms with van der Waals surface area (Å²) in [7, 11) is 0. The van der Waals surface area contributed by atoms with E-state index in [2.05, 4.69) is 143 Å². The van der Waals surface area contributed by atoms with Crippen LogP contribution < -0.4 is 0 Å². The first-order valence-electron chi connectivity index (χ1n) is 16.6. The van der Waals surface area contributed by atoms with Crippen LogP contribution in [0.3, 0.4) is 0 Å². The van der Waals surface area contributed by atoms with Crippen molar-refractivity contribution in [1.29, 1.82) is 0 Å². The Kier molecular flexibility index (Phi) is 5.60. The molecule has 7 aromatic rings. The number of hydrogen-bond acceptors (Lipinski definition) is 0. The molecule has 2 heteroatoms. The molecule has 0 amide bonds. The van der Waals surface area contributed by atoms with Crippen molar-refractivity contribution in [3.05, 3.63) is 156 Å². The van der Waals surface area contributed by atoms with Crippen molar-refractivity contribution in [1.82, 2.24) is 9.13 Å². The van der Waals surface area contributed by atoms with Crippen LogP contribution in [0.4, 0.5) is 0 Å². The van der Waals surface area contributed by atoms with Crippen LogP contribution in [0, 0.1) is 12.1 Å². The van der Waals surface area contributed by atoms with Gasteiger partial charge in [0.15, 0.2) is 0 Å². The van der Waals surface area contributed by atoms with Crippen LogP contribution in [-0.2, 0) is 12.8 Å². The lowest BCUT2D eigenvalue weighted by molar-refractivity contribution is 0.839. The molecule has 3 aliphatic rings. The molecule has 1 atom stereocenters. The Morgan fingerprint density at radius 2 is 1.50 bits per heavy atom. The van der Waals surface area contributed by atoms with Gasteiger partial charge in [0.2, 0.25) is 0 Å². The second kappa shape index (κ2) is 9.99. The number of hydrogen-bond donors (Lipinski definition) is 0. The monoisotopic (exact) mass is 588 g/mol. The minimum Gasteiger partial charge on any atom is -0.313 e. The number of rotatable bonds is 3. The first-order valence-corrected chi connectivity index (χ1v) is 16.6. The molecule has 2 nitrogen and oxygen atoms in total. The van der Waals surface area contributed by atoms with E-state index in [0.29, 0.717) is 5.92 Å². The van der Waals surface area contributed by atoms with Crippen LogP contribution >= 0.6 is 0 Å². The fourth-order valence-corrected chi connectivity index (χ4v) is 8.36. The van der Waals surface area contributed by atoms with Gasteiger partial charge < -0.3 is 9.13 Å². The number of nitrogens with zero attached hydrogens (tertiary/aromatic N) is 2. The number of aryl methyl sites for hydroxylation is 1. The summed E-state index contributed by atoms with van der Waals surface area (Å²) in [4.78, 5) is 0. The lowest BCUT2D eigenvalue weighted by Gasteiger charge is -2.20. The summed E-state index contributed by atoms with van der Waals surface area (Å²) < 4.78 is 5.17. The zero-order valence-corrected chi connectivity index (χ0v) is 25.6. The number of aromatic nitrogens is 2. The predicted molar refractivity (Wildman–Crippen MR) is 193 cm³/mol. The molecule has 1 unspecified atom stereocenters. The van der Waals surface area contributed by atoms with Gasteiger partial charge in [-0.15, -0.1) is 0 Å². The van der Waals surface area contributed by atoms with Crippen molar-refractivity contribution in [2.24, 2.45) is 0 Å². The van der Waals surface area contributed by atoms with E-state index in [9.17, 15) is 0 Å². The molecule has 0 N–H and O–H groups in total. The maximum atomic E-state index is 3.34. The Labute approximate surface area is 268 Å². The van der Waals surface area contributed by atoms with Gasteiger partial charge in [0.05, 0.1) is 11.0 Å². The zero-order valence-electron chi connectivity index (χ0n) is 25.6. The Morgan fingerprint density at radius 3 is 2.33 bits per heavy atom. The summed E-state index contributed by atoms with van der Waals surface area (Å²) >= 11 is 0. The summed E-state index contributed by atoms with van der Waals surface area (Å²) in [5.74, 6) is 0.331. The number of allylic oxidation sites excluding steroid dienone is 6. The number of benzene rings is 4. The lowest BCUT2D eigenvalue weighted by Crippen LogP contribution is -2.07. The van der Waals surface area contributed by atoms with Gasteiger partial charge in [-0.25, -0.2) is 0 Å². The van der Waals surface area contributed by atoms with Gasteiger partial charge in [-0.3, -0.25) is 0 Å². The molecule has 5 aromatic carbocycles. The maximum Gasteiger partial charge on any atom is 0.0623 e. The first-order chi connectivity index (χ1) is 22.8. The minimum absolute atomic E-state index is 0.331. The van der Waals surface area contributed by atoms with E-state index in [1.807, 2.05) is 6.07 Å².